The molecule has 2 aromatic heterocycles. The SMILES string of the molecule is CCn1ccc(NC(=O)CCn2c(=O)c(N3CCCCC3)nc3ccccc32)n1. The van der Waals surface area contributed by atoms with Gasteiger partial charge in [-0.15, -0.1) is 0 Å². The second-order valence-corrected chi connectivity index (χ2v) is 7.28. The number of hydrogen-bond donors (Lipinski definition) is 1. The number of aryl methyl sites for hydroxylation is 2. The van der Waals surface area contributed by atoms with Crippen LogP contribution in [0.15, 0.2) is 41.3 Å². The normalized spacial score (nSPS) is 14.3. The summed E-state index contributed by atoms with van der Waals surface area (Å²) in [7, 11) is 0. The van der Waals surface area contributed by atoms with Gasteiger partial charge in [0.15, 0.2) is 11.6 Å². The minimum Gasteiger partial charge on any atom is -0.352 e. The number of nitrogens with zero attached hydrogens (tertiary/aromatic N) is 5. The first kappa shape index (κ1) is 19.2. The minimum absolute atomic E-state index is 0.131. The molecule has 8 nitrogen and oxygen atoms in total. The third-order valence-electron chi connectivity index (χ3n) is 5.29. The van der Waals surface area contributed by atoms with Gasteiger partial charge < -0.3 is 14.8 Å². The van der Waals surface area contributed by atoms with Gasteiger partial charge in [-0.1, -0.05) is 12.1 Å². The second-order valence-electron chi connectivity index (χ2n) is 7.28. The Labute approximate surface area is 169 Å². The third-order valence-corrected chi connectivity index (χ3v) is 5.29. The molecule has 0 bridgehead atoms. The molecule has 0 atom stereocenters. The molecule has 3 heterocycles. The van der Waals surface area contributed by atoms with Crippen molar-refractivity contribution in [1.29, 1.82) is 0 Å². The molecule has 8 heteroatoms. The van der Waals surface area contributed by atoms with Crippen molar-refractivity contribution in [2.24, 2.45) is 0 Å². The quantitative estimate of drug-likeness (QED) is 0.695. The Hall–Kier alpha value is -3.16. The molecule has 1 amide bonds. The Bertz CT molecular complexity index is 1060. The summed E-state index contributed by atoms with van der Waals surface area (Å²) in [6.07, 6.45) is 5.33. The van der Waals surface area contributed by atoms with Crippen LogP contribution in [0.1, 0.15) is 32.6 Å². The van der Waals surface area contributed by atoms with Gasteiger partial charge in [0.2, 0.25) is 5.91 Å². The predicted molar refractivity (Wildman–Crippen MR) is 113 cm³/mol. The molecule has 0 aliphatic carbocycles. The Morgan fingerprint density at radius 2 is 1.93 bits per heavy atom. The number of hydrogen-bond acceptors (Lipinski definition) is 5. The Balaban J connectivity index is 1.57. The van der Waals surface area contributed by atoms with E-state index in [1.807, 2.05) is 37.4 Å². The van der Waals surface area contributed by atoms with Crippen molar-refractivity contribution in [2.45, 2.75) is 45.7 Å². The van der Waals surface area contributed by atoms with Gasteiger partial charge >= 0.3 is 0 Å². The van der Waals surface area contributed by atoms with E-state index >= 15 is 0 Å². The molecule has 1 aromatic carbocycles. The van der Waals surface area contributed by atoms with Crippen LogP contribution in [0.5, 0.6) is 0 Å². The van der Waals surface area contributed by atoms with Crippen molar-refractivity contribution < 1.29 is 4.79 Å². The highest BCUT2D eigenvalue weighted by atomic mass is 16.2. The number of piperidine rings is 1. The van der Waals surface area contributed by atoms with E-state index in [1.165, 1.54) is 6.42 Å². The maximum Gasteiger partial charge on any atom is 0.294 e. The minimum atomic E-state index is -0.168. The number of benzene rings is 1. The number of anilines is 2. The molecule has 4 rings (SSSR count). The van der Waals surface area contributed by atoms with E-state index in [1.54, 1.807) is 15.3 Å². The summed E-state index contributed by atoms with van der Waals surface area (Å²) in [4.78, 5) is 32.3. The van der Waals surface area contributed by atoms with Crippen LogP contribution in [0.2, 0.25) is 0 Å². The maximum atomic E-state index is 13.2. The van der Waals surface area contributed by atoms with Gasteiger partial charge in [-0.3, -0.25) is 14.3 Å². The van der Waals surface area contributed by atoms with Gasteiger partial charge in [-0.2, -0.15) is 5.10 Å². The third kappa shape index (κ3) is 4.16. The molecule has 1 aliphatic heterocycles. The van der Waals surface area contributed by atoms with Crippen molar-refractivity contribution in [3.63, 3.8) is 0 Å². The molecular weight excluding hydrogens is 368 g/mol. The van der Waals surface area contributed by atoms with Gasteiger partial charge in [-0.05, 0) is 38.3 Å². The summed E-state index contributed by atoms with van der Waals surface area (Å²) >= 11 is 0. The molecule has 1 aliphatic rings. The summed E-state index contributed by atoms with van der Waals surface area (Å²) in [6.45, 7) is 4.72. The number of rotatable bonds is 6. The summed E-state index contributed by atoms with van der Waals surface area (Å²) in [5.41, 5.74) is 1.39. The van der Waals surface area contributed by atoms with E-state index in [9.17, 15) is 9.59 Å². The van der Waals surface area contributed by atoms with Gasteiger partial charge in [0.25, 0.3) is 5.56 Å². The van der Waals surface area contributed by atoms with Crippen LogP contribution in [-0.4, -0.2) is 38.3 Å². The largest absolute Gasteiger partial charge is 0.352 e. The van der Waals surface area contributed by atoms with Crippen LogP contribution in [0.25, 0.3) is 11.0 Å². The summed E-state index contributed by atoms with van der Waals surface area (Å²) in [6, 6.07) is 9.36. The Morgan fingerprint density at radius 1 is 1.14 bits per heavy atom. The molecule has 152 valence electrons. The second kappa shape index (κ2) is 8.46. The molecule has 1 N–H and O–H groups in total. The van der Waals surface area contributed by atoms with Gasteiger partial charge in [0.05, 0.1) is 11.0 Å². The average molecular weight is 394 g/mol. The molecule has 1 fully saturated rings. The summed E-state index contributed by atoms with van der Waals surface area (Å²) < 4.78 is 3.43. The van der Waals surface area contributed by atoms with Crippen LogP contribution in [0.3, 0.4) is 0 Å². The zero-order valence-corrected chi connectivity index (χ0v) is 16.7. The standard InChI is InChI=1S/C21H26N6O2/c1-2-26-14-10-18(24-26)23-19(28)11-15-27-17-9-5-4-8-16(17)22-20(21(27)29)25-12-6-3-7-13-25/h4-5,8-10,14H,2-3,6-7,11-13,15H2,1H3,(H,23,24,28). The lowest BCUT2D eigenvalue weighted by molar-refractivity contribution is -0.116. The van der Waals surface area contributed by atoms with Gasteiger partial charge in [-0.25, -0.2) is 4.98 Å². The lowest BCUT2D eigenvalue weighted by atomic mass is 10.1. The number of carbonyl (C=O) groups is 1. The lowest BCUT2D eigenvalue weighted by Gasteiger charge is -2.27. The number of amides is 1. The molecule has 0 unspecified atom stereocenters. The number of para-hydroxylation sites is 2. The smallest absolute Gasteiger partial charge is 0.294 e. The first-order valence-corrected chi connectivity index (χ1v) is 10.2. The zero-order valence-electron chi connectivity index (χ0n) is 16.7. The molecule has 3 aromatic rings. The molecule has 0 saturated carbocycles. The van der Waals surface area contributed by atoms with E-state index in [0.717, 1.165) is 43.5 Å². The van der Waals surface area contributed by atoms with Crippen LogP contribution in [0.4, 0.5) is 11.6 Å². The van der Waals surface area contributed by atoms with E-state index in [-0.39, 0.29) is 17.9 Å². The molecule has 0 radical (unpaired) electrons. The van der Waals surface area contributed by atoms with Crippen molar-refractivity contribution in [1.82, 2.24) is 19.3 Å². The van der Waals surface area contributed by atoms with Crippen LogP contribution >= 0.6 is 0 Å². The maximum absolute atomic E-state index is 13.2. The fourth-order valence-corrected chi connectivity index (χ4v) is 3.74. The number of fused-ring (bicyclic) bond motifs is 1. The van der Waals surface area contributed by atoms with Crippen LogP contribution < -0.4 is 15.8 Å². The van der Waals surface area contributed by atoms with Gasteiger partial charge in [0.1, 0.15) is 0 Å². The monoisotopic (exact) mass is 394 g/mol. The fraction of sp³-hybridized carbons (Fsp3) is 0.429. The van der Waals surface area contributed by atoms with Crippen molar-refractivity contribution in [3.05, 3.63) is 46.9 Å². The lowest BCUT2D eigenvalue weighted by Crippen LogP contribution is -2.37. The molecule has 29 heavy (non-hydrogen) atoms. The Morgan fingerprint density at radius 3 is 2.69 bits per heavy atom. The Kier molecular flexibility index (Phi) is 5.59. The fourth-order valence-electron chi connectivity index (χ4n) is 3.74. The molecule has 0 spiro atoms. The topological polar surface area (TPSA) is 85.0 Å². The predicted octanol–water partition coefficient (Wildman–Crippen LogP) is 2.63. The molecule has 1 saturated heterocycles. The van der Waals surface area contributed by atoms with E-state index in [2.05, 4.69) is 20.3 Å². The number of nitrogens with one attached hydrogen (secondary N) is 1. The summed E-state index contributed by atoms with van der Waals surface area (Å²) in [5.74, 6) is 0.849. The first-order chi connectivity index (χ1) is 14.2. The number of carbonyl (C=O) groups excluding carboxylic acids is 1. The van der Waals surface area contributed by atoms with E-state index in [4.69, 9.17) is 0 Å². The first-order valence-electron chi connectivity index (χ1n) is 10.2. The molecular formula is C21H26N6O2. The van der Waals surface area contributed by atoms with Crippen LogP contribution in [0, 0.1) is 0 Å². The van der Waals surface area contributed by atoms with E-state index < -0.39 is 0 Å². The van der Waals surface area contributed by atoms with E-state index in [0.29, 0.717) is 18.2 Å². The van der Waals surface area contributed by atoms with Crippen molar-refractivity contribution in [3.8, 4) is 0 Å². The van der Waals surface area contributed by atoms with Crippen molar-refractivity contribution >= 4 is 28.6 Å². The summed E-state index contributed by atoms with van der Waals surface area (Å²) in [5, 5.41) is 7.07. The van der Waals surface area contributed by atoms with Gasteiger partial charge in [0, 0.05) is 44.9 Å². The average Bonchev–Trinajstić information content (AvgIpc) is 3.21. The highest BCUT2D eigenvalue weighted by Crippen LogP contribution is 2.18. The van der Waals surface area contributed by atoms with Crippen molar-refractivity contribution in [2.75, 3.05) is 23.3 Å². The highest BCUT2D eigenvalue weighted by Gasteiger charge is 2.19. The highest BCUT2D eigenvalue weighted by molar-refractivity contribution is 5.89. The zero-order chi connectivity index (χ0) is 20.2. The van der Waals surface area contributed by atoms with Crippen LogP contribution in [-0.2, 0) is 17.9 Å². The number of aromatic nitrogens is 4.